The maximum atomic E-state index is 9.25. The van der Waals surface area contributed by atoms with Crippen LogP contribution in [0.4, 0.5) is 0 Å². The average Bonchev–Trinajstić information content (AvgIpc) is 2.68. The predicted octanol–water partition coefficient (Wildman–Crippen LogP) is 4.69. The van der Waals surface area contributed by atoms with E-state index in [4.69, 9.17) is 4.74 Å². The molecule has 0 aromatic heterocycles. The molecule has 3 aromatic carbocycles. The van der Waals surface area contributed by atoms with Gasteiger partial charge < -0.3 is 9.84 Å². The van der Waals surface area contributed by atoms with Gasteiger partial charge in [0, 0.05) is 6.61 Å². The standard InChI is InChI=1S/C23H24O2/c1-19-11-8-9-16-22(19)23(25-18-10-17-24,20-12-4-2-5-13-20)21-14-6-3-7-15-21/h2-9,11-16,24H,10,17-18H2,1H3. The Balaban J connectivity index is 2.26. The second-order valence-electron chi connectivity index (χ2n) is 6.15. The van der Waals surface area contributed by atoms with E-state index >= 15 is 0 Å². The third kappa shape index (κ3) is 3.51. The summed E-state index contributed by atoms with van der Waals surface area (Å²) in [6.07, 6.45) is 0.604. The molecule has 0 aliphatic heterocycles. The van der Waals surface area contributed by atoms with Crippen molar-refractivity contribution in [1.29, 1.82) is 0 Å². The summed E-state index contributed by atoms with van der Waals surface area (Å²) in [7, 11) is 0. The SMILES string of the molecule is Cc1ccccc1C(OCCCO)(c1ccccc1)c1ccccc1. The second kappa shape index (κ2) is 8.11. The molecule has 0 radical (unpaired) electrons. The topological polar surface area (TPSA) is 29.5 Å². The lowest BCUT2D eigenvalue weighted by atomic mass is 9.78. The van der Waals surface area contributed by atoms with Crippen LogP contribution in [0, 0.1) is 6.92 Å². The molecule has 0 bridgehead atoms. The van der Waals surface area contributed by atoms with Crippen molar-refractivity contribution in [2.24, 2.45) is 0 Å². The molecule has 0 unspecified atom stereocenters. The maximum Gasteiger partial charge on any atom is 0.143 e. The number of aliphatic hydroxyl groups is 1. The summed E-state index contributed by atoms with van der Waals surface area (Å²) in [5, 5.41) is 9.25. The molecule has 2 heteroatoms. The molecule has 0 saturated carbocycles. The smallest absolute Gasteiger partial charge is 0.143 e. The normalized spacial score (nSPS) is 11.4. The van der Waals surface area contributed by atoms with Gasteiger partial charge >= 0.3 is 0 Å². The van der Waals surface area contributed by atoms with Crippen molar-refractivity contribution < 1.29 is 9.84 Å². The van der Waals surface area contributed by atoms with E-state index in [1.54, 1.807) is 0 Å². The zero-order chi connectivity index (χ0) is 17.5. The van der Waals surface area contributed by atoms with Crippen LogP contribution in [-0.4, -0.2) is 18.3 Å². The lowest BCUT2D eigenvalue weighted by Crippen LogP contribution is -2.34. The summed E-state index contributed by atoms with van der Waals surface area (Å²) in [5.74, 6) is 0. The Labute approximate surface area is 149 Å². The van der Waals surface area contributed by atoms with Crippen LogP contribution in [0.3, 0.4) is 0 Å². The van der Waals surface area contributed by atoms with Gasteiger partial charge in [-0.25, -0.2) is 0 Å². The first-order chi connectivity index (χ1) is 12.3. The number of benzene rings is 3. The summed E-state index contributed by atoms with van der Waals surface area (Å²) in [4.78, 5) is 0. The van der Waals surface area contributed by atoms with Gasteiger partial charge in [0.25, 0.3) is 0 Å². The maximum absolute atomic E-state index is 9.25. The minimum absolute atomic E-state index is 0.118. The van der Waals surface area contributed by atoms with Gasteiger partial charge in [0.2, 0.25) is 0 Å². The molecule has 0 saturated heterocycles. The van der Waals surface area contributed by atoms with E-state index in [1.807, 2.05) is 42.5 Å². The number of aliphatic hydroxyl groups excluding tert-OH is 1. The van der Waals surface area contributed by atoms with Crippen LogP contribution < -0.4 is 0 Å². The molecule has 0 amide bonds. The van der Waals surface area contributed by atoms with Crippen LogP contribution >= 0.6 is 0 Å². The van der Waals surface area contributed by atoms with Gasteiger partial charge in [-0.2, -0.15) is 0 Å². The summed E-state index contributed by atoms with van der Waals surface area (Å²) in [6, 6.07) is 29.0. The van der Waals surface area contributed by atoms with Crippen molar-refractivity contribution in [3.63, 3.8) is 0 Å². The van der Waals surface area contributed by atoms with Crippen molar-refractivity contribution in [2.45, 2.75) is 18.9 Å². The highest BCUT2D eigenvalue weighted by Crippen LogP contribution is 2.41. The van der Waals surface area contributed by atoms with Gasteiger partial charge in [0.15, 0.2) is 0 Å². The van der Waals surface area contributed by atoms with E-state index < -0.39 is 5.60 Å². The van der Waals surface area contributed by atoms with E-state index in [0.717, 1.165) is 16.7 Å². The number of hydrogen-bond donors (Lipinski definition) is 1. The van der Waals surface area contributed by atoms with Crippen molar-refractivity contribution in [1.82, 2.24) is 0 Å². The molecule has 0 fully saturated rings. The van der Waals surface area contributed by atoms with E-state index in [2.05, 4.69) is 49.4 Å². The second-order valence-corrected chi connectivity index (χ2v) is 6.15. The van der Waals surface area contributed by atoms with Crippen LogP contribution in [0.2, 0.25) is 0 Å². The van der Waals surface area contributed by atoms with Gasteiger partial charge in [-0.15, -0.1) is 0 Å². The largest absolute Gasteiger partial charge is 0.396 e. The van der Waals surface area contributed by atoms with E-state index in [1.165, 1.54) is 5.56 Å². The van der Waals surface area contributed by atoms with Gasteiger partial charge in [0.05, 0.1) is 6.61 Å². The number of rotatable bonds is 7. The molecule has 1 N–H and O–H groups in total. The van der Waals surface area contributed by atoms with Crippen LogP contribution in [0.5, 0.6) is 0 Å². The minimum atomic E-state index is -0.691. The molecule has 2 nitrogen and oxygen atoms in total. The van der Waals surface area contributed by atoms with Crippen LogP contribution in [0.1, 0.15) is 28.7 Å². The zero-order valence-electron chi connectivity index (χ0n) is 14.6. The van der Waals surface area contributed by atoms with Gasteiger partial charge in [0.1, 0.15) is 5.60 Å². The van der Waals surface area contributed by atoms with E-state index in [-0.39, 0.29) is 6.61 Å². The fourth-order valence-corrected chi connectivity index (χ4v) is 3.33. The number of hydrogen-bond acceptors (Lipinski definition) is 2. The summed E-state index contributed by atoms with van der Waals surface area (Å²) >= 11 is 0. The van der Waals surface area contributed by atoms with Gasteiger partial charge in [-0.05, 0) is 35.6 Å². The molecule has 0 spiro atoms. The highest BCUT2D eigenvalue weighted by Gasteiger charge is 2.38. The summed E-state index contributed by atoms with van der Waals surface area (Å²) < 4.78 is 6.55. The molecule has 128 valence electrons. The summed E-state index contributed by atoms with van der Waals surface area (Å²) in [5.41, 5.74) is 3.80. The average molecular weight is 332 g/mol. The number of aryl methyl sites for hydroxylation is 1. The zero-order valence-corrected chi connectivity index (χ0v) is 14.6. The molecular weight excluding hydrogens is 308 g/mol. The quantitative estimate of drug-likeness (QED) is 0.502. The Morgan fingerprint density at radius 2 is 1.28 bits per heavy atom. The van der Waals surface area contributed by atoms with Crippen molar-refractivity contribution in [3.8, 4) is 0 Å². The summed E-state index contributed by atoms with van der Waals surface area (Å²) in [6.45, 7) is 2.72. The Hall–Kier alpha value is -2.42. The first-order valence-electron chi connectivity index (χ1n) is 8.71. The minimum Gasteiger partial charge on any atom is -0.396 e. The highest BCUT2D eigenvalue weighted by atomic mass is 16.5. The lowest BCUT2D eigenvalue weighted by Gasteiger charge is -2.37. The Morgan fingerprint density at radius 1 is 0.760 bits per heavy atom. The van der Waals surface area contributed by atoms with Crippen molar-refractivity contribution in [2.75, 3.05) is 13.2 Å². The Bertz CT molecular complexity index is 742. The Kier molecular flexibility index (Phi) is 5.64. The molecule has 0 aliphatic rings. The fourth-order valence-electron chi connectivity index (χ4n) is 3.33. The molecule has 25 heavy (non-hydrogen) atoms. The molecule has 0 heterocycles. The van der Waals surface area contributed by atoms with Gasteiger partial charge in [-0.3, -0.25) is 0 Å². The van der Waals surface area contributed by atoms with E-state index in [0.29, 0.717) is 13.0 Å². The number of ether oxygens (including phenoxy) is 1. The first kappa shape index (κ1) is 17.4. The monoisotopic (exact) mass is 332 g/mol. The lowest BCUT2D eigenvalue weighted by molar-refractivity contribution is 0.00558. The van der Waals surface area contributed by atoms with Crippen molar-refractivity contribution in [3.05, 3.63) is 107 Å². The first-order valence-corrected chi connectivity index (χ1v) is 8.71. The molecule has 3 rings (SSSR count). The molecular formula is C23H24O2. The Morgan fingerprint density at radius 3 is 1.80 bits per heavy atom. The van der Waals surface area contributed by atoms with Crippen LogP contribution in [0.25, 0.3) is 0 Å². The molecule has 0 aliphatic carbocycles. The molecule has 3 aromatic rings. The van der Waals surface area contributed by atoms with Gasteiger partial charge in [-0.1, -0.05) is 84.9 Å². The van der Waals surface area contributed by atoms with E-state index in [9.17, 15) is 5.11 Å². The third-order valence-corrected chi connectivity index (χ3v) is 4.51. The van der Waals surface area contributed by atoms with Crippen LogP contribution in [-0.2, 0) is 10.3 Å². The van der Waals surface area contributed by atoms with Crippen LogP contribution in [0.15, 0.2) is 84.9 Å². The molecule has 0 atom stereocenters. The van der Waals surface area contributed by atoms with Crippen molar-refractivity contribution >= 4 is 0 Å². The predicted molar refractivity (Wildman–Crippen MR) is 102 cm³/mol. The fraction of sp³-hybridized carbons (Fsp3) is 0.217. The highest BCUT2D eigenvalue weighted by molar-refractivity contribution is 5.50. The third-order valence-electron chi connectivity index (χ3n) is 4.51.